The Morgan fingerprint density at radius 3 is 2.16 bits per heavy atom. The molecule has 0 aromatic heterocycles. The molecule has 0 spiro atoms. The van der Waals surface area contributed by atoms with Crippen LogP contribution in [0.15, 0.2) is 18.2 Å². The molecule has 1 aromatic rings. The first-order valence-electron chi connectivity index (χ1n) is 8.82. The molecular formula is C20H34O3Si2. The van der Waals surface area contributed by atoms with Gasteiger partial charge in [0.05, 0.1) is 7.11 Å². The monoisotopic (exact) mass is 378 g/mol. The zero-order valence-corrected chi connectivity index (χ0v) is 19.3. The molecule has 0 aliphatic rings. The second kappa shape index (κ2) is 7.98. The molecule has 0 saturated carbocycles. The minimum absolute atomic E-state index is 0.124. The minimum atomic E-state index is -1.92. The molecule has 1 atom stereocenters. The first kappa shape index (κ1) is 21.8. The fourth-order valence-corrected chi connectivity index (χ4v) is 3.55. The van der Waals surface area contributed by atoms with E-state index in [4.69, 9.17) is 9.16 Å². The van der Waals surface area contributed by atoms with E-state index < -0.39 is 22.5 Å². The van der Waals surface area contributed by atoms with Crippen molar-refractivity contribution in [2.45, 2.75) is 71.1 Å². The van der Waals surface area contributed by atoms with Gasteiger partial charge >= 0.3 is 0 Å². The van der Waals surface area contributed by atoms with Crippen molar-refractivity contribution in [3.63, 3.8) is 0 Å². The molecule has 1 N–H and O–H groups in total. The molecule has 3 nitrogen and oxygen atoms in total. The van der Waals surface area contributed by atoms with Crippen molar-refractivity contribution in [2.24, 2.45) is 0 Å². The number of aliphatic hydroxyl groups excluding tert-OH is 1. The van der Waals surface area contributed by atoms with Gasteiger partial charge in [-0.1, -0.05) is 52.4 Å². The van der Waals surface area contributed by atoms with E-state index in [9.17, 15) is 5.11 Å². The summed E-state index contributed by atoms with van der Waals surface area (Å²) in [5, 5.41) is 10.3. The summed E-state index contributed by atoms with van der Waals surface area (Å²) in [4.78, 5) is 0. The lowest BCUT2D eigenvalue weighted by Gasteiger charge is -2.36. The highest BCUT2D eigenvalue weighted by molar-refractivity contribution is 6.83. The Balaban J connectivity index is 2.97. The molecular weight excluding hydrogens is 344 g/mol. The van der Waals surface area contributed by atoms with Gasteiger partial charge in [-0.3, -0.25) is 0 Å². The molecule has 0 aliphatic heterocycles. The number of rotatable bonds is 5. The standard InChI is InChI=1S/C20H34O3Si2/c1-20(2,3)25(8,9)23-18-11-10-16(15-19(18)22-4)14-17(21)12-13-24(5,6)7/h10-11,15,17,21H,14H2,1-9H3/t17-/m1/s1. The number of aliphatic hydroxyl groups is 1. The summed E-state index contributed by atoms with van der Waals surface area (Å²) in [7, 11) is -1.74. The van der Waals surface area contributed by atoms with Crippen LogP contribution in [0.3, 0.4) is 0 Å². The number of ether oxygens (including phenoxy) is 1. The van der Waals surface area contributed by atoms with E-state index in [1.807, 2.05) is 18.2 Å². The predicted molar refractivity (Wildman–Crippen MR) is 112 cm³/mol. The van der Waals surface area contributed by atoms with Gasteiger partial charge in [0.25, 0.3) is 8.32 Å². The van der Waals surface area contributed by atoms with Crippen molar-refractivity contribution in [2.75, 3.05) is 7.11 Å². The SMILES string of the molecule is COc1cc(C[C@H](O)C#C[Si](C)(C)C)ccc1O[Si](C)(C)C(C)(C)C. The van der Waals surface area contributed by atoms with E-state index in [-0.39, 0.29) is 5.04 Å². The lowest BCUT2D eigenvalue weighted by Crippen LogP contribution is -2.43. The van der Waals surface area contributed by atoms with Crippen LogP contribution in [0.5, 0.6) is 11.5 Å². The van der Waals surface area contributed by atoms with Crippen LogP contribution in [-0.2, 0) is 6.42 Å². The number of hydrogen-bond acceptors (Lipinski definition) is 3. The summed E-state index contributed by atoms with van der Waals surface area (Å²) in [5.41, 5.74) is 4.22. The number of hydrogen-bond donors (Lipinski definition) is 1. The summed E-state index contributed by atoms with van der Waals surface area (Å²) in [6, 6.07) is 5.89. The molecule has 0 heterocycles. The zero-order chi connectivity index (χ0) is 19.5. The summed E-state index contributed by atoms with van der Waals surface area (Å²) < 4.78 is 11.9. The highest BCUT2D eigenvalue weighted by Gasteiger charge is 2.39. The lowest BCUT2D eigenvalue weighted by atomic mass is 10.1. The Morgan fingerprint density at radius 1 is 1.08 bits per heavy atom. The third kappa shape index (κ3) is 6.89. The van der Waals surface area contributed by atoms with Gasteiger partial charge in [-0.2, -0.15) is 0 Å². The van der Waals surface area contributed by atoms with Gasteiger partial charge in [-0.05, 0) is 35.8 Å². The fourth-order valence-electron chi connectivity index (χ4n) is 1.93. The number of benzene rings is 1. The van der Waals surface area contributed by atoms with Crippen LogP contribution < -0.4 is 9.16 Å². The minimum Gasteiger partial charge on any atom is -0.541 e. The Morgan fingerprint density at radius 2 is 1.68 bits per heavy atom. The van der Waals surface area contributed by atoms with Crippen molar-refractivity contribution in [1.29, 1.82) is 0 Å². The first-order valence-corrected chi connectivity index (χ1v) is 15.2. The normalized spacial score (nSPS) is 13.7. The molecule has 0 saturated heterocycles. The van der Waals surface area contributed by atoms with E-state index in [0.717, 1.165) is 11.3 Å². The van der Waals surface area contributed by atoms with Crippen LogP contribution in [0, 0.1) is 11.5 Å². The van der Waals surface area contributed by atoms with Gasteiger partial charge in [-0.25, -0.2) is 0 Å². The van der Waals surface area contributed by atoms with Gasteiger partial charge in [-0.15, -0.1) is 5.54 Å². The van der Waals surface area contributed by atoms with E-state index in [1.54, 1.807) is 7.11 Å². The number of methoxy groups -OCH3 is 1. The largest absolute Gasteiger partial charge is 0.541 e. The molecule has 0 radical (unpaired) electrons. The summed E-state index contributed by atoms with van der Waals surface area (Å²) in [6.45, 7) is 17.6. The molecule has 140 valence electrons. The third-order valence-electron chi connectivity index (χ3n) is 4.44. The second-order valence-corrected chi connectivity index (χ2v) is 18.6. The Labute approximate surface area is 155 Å². The molecule has 0 aliphatic carbocycles. The van der Waals surface area contributed by atoms with Crippen LogP contribution >= 0.6 is 0 Å². The highest BCUT2D eigenvalue weighted by atomic mass is 28.4. The van der Waals surface area contributed by atoms with Crippen molar-refractivity contribution < 1.29 is 14.3 Å². The molecule has 0 fully saturated rings. The average molecular weight is 379 g/mol. The van der Waals surface area contributed by atoms with Crippen LogP contribution in [0.2, 0.25) is 37.8 Å². The maximum Gasteiger partial charge on any atom is 0.250 e. The summed E-state index contributed by atoms with van der Waals surface area (Å²) >= 11 is 0. The van der Waals surface area contributed by atoms with E-state index in [0.29, 0.717) is 12.2 Å². The maximum atomic E-state index is 10.2. The smallest absolute Gasteiger partial charge is 0.250 e. The molecule has 0 amide bonds. The second-order valence-electron chi connectivity index (χ2n) is 9.09. The van der Waals surface area contributed by atoms with Gasteiger partial charge < -0.3 is 14.3 Å². The molecule has 25 heavy (non-hydrogen) atoms. The van der Waals surface area contributed by atoms with Crippen molar-refractivity contribution in [3.05, 3.63) is 23.8 Å². The lowest BCUT2D eigenvalue weighted by molar-refractivity contribution is 0.233. The zero-order valence-electron chi connectivity index (χ0n) is 17.3. The Hall–Kier alpha value is -1.23. The van der Waals surface area contributed by atoms with E-state index >= 15 is 0 Å². The van der Waals surface area contributed by atoms with E-state index in [1.165, 1.54) is 0 Å². The van der Waals surface area contributed by atoms with E-state index in [2.05, 4.69) is 65.0 Å². The van der Waals surface area contributed by atoms with Crippen molar-refractivity contribution in [3.8, 4) is 23.0 Å². The van der Waals surface area contributed by atoms with Crippen molar-refractivity contribution in [1.82, 2.24) is 0 Å². The van der Waals surface area contributed by atoms with Gasteiger partial charge in [0.1, 0.15) is 19.9 Å². The highest BCUT2D eigenvalue weighted by Crippen LogP contribution is 2.40. The molecule has 1 rings (SSSR count). The summed E-state index contributed by atoms with van der Waals surface area (Å²) in [5.74, 6) is 4.48. The molecule has 0 unspecified atom stereocenters. The average Bonchev–Trinajstić information content (AvgIpc) is 2.44. The first-order chi connectivity index (χ1) is 11.2. The summed E-state index contributed by atoms with van der Waals surface area (Å²) in [6.07, 6.45) is -0.155. The van der Waals surface area contributed by atoms with Crippen molar-refractivity contribution >= 4 is 16.4 Å². The third-order valence-corrected chi connectivity index (χ3v) is 9.68. The molecule has 1 aromatic carbocycles. The van der Waals surface area contributed by atoms with Crippen LogP contribution in [0.1, 0.15) is 26.3 Å². The van der Waals surface area contributed by atoms with Gasteiger partial charge in [0.15, 0.2) is 5.75 Å². The fraction of sp³-hybridized carbons (Fsp3) is 0.600. The van der Waals surface area contributed by atoms with Gasteiger partial charge in [0, 0.05) is 6.42 Å². The molecule has 0 bridgehead atoms. The Bertz CT molecular complexity index is 644. The van der Waals surface area contributed by atoms with Gasteiger partial charge in [0.2, 0.25) is 0 Å². The Kier molecular flexibility index (Phi) is 6.97. The topological polar surface area (TPSA) is 38.7 Å². The van der Waals surface area contributed by atoms with Crippen LogP contribution in [0.25, 0.3) is 0 Å². The molecule has 5 heteroatoms. The predicted octanol–water partition coefficient (Wildman–Crippen LogP) is 4.86. The quantitative estimate of drug-likeness (QED) is 0.587. The van der Waals surface area contributed by atoms with Crippen LogP contribution in [0.4, 0.5) is 0 Å². The van der Waals surface area contributed by atoms with Crippen LogP contribution in [-0.4, -0.2) is 34.7 Å². The maximum absolute atomic E-state index is 10.2.